The molecule has 0 saturated carbocycles. The van der Waals surface area contributed by atoms with E-state index in [0.717, 1.165) is 0 Å². The molecule has 8 N–H and O–H groups in total. The first-order chi connectivity index (χ1) is 16.0. The maximum absolute atomic E-state index is 13.0. The topological polar surface area (TPSA) is 200 Å². The Morgan fingerprint density at radius 3 is 2.24 bits per heavy atom. The number of hydrogen-bond donors (Lipinski definition) is 7. The standard InChI is InChI=1S/C21H36N6O6S/c1-5-11(2)16(19(30)25-15(21(32)33)8-13-9-23-10-24-13)26-20(31)17(12(3)28)27-18(29)14(22)6-7-34-4/h9-12,14-17,28H,5-8,22H2,1-4H3,(H,23,24)(H,25,30)(H,26,31)(H,27,29)(H,32,33). The molecule has 192 valence electrons. The molecule has 1 aromatic rings. The number of aliphatic hydroxyl groups excluding tert-OH is 1. The van der Waals surface area contributed by atoms with Crippen LogP contribution in [0.15, 0.2) is 12.5 Å². The molecule has 0 aliphatic heterocycles. The van der Waals surface area contributed by atoms with E-state index in [1.165, 1.54) is 31.2 Å². The summed E-state index contributed by atoms with van der Waals surface area (Å²) in [4.78, 5) is 56.6. The number of amides is 3. The second kappa shape index (κ2) is 14.6. The van der Waals surface area contributed by atoms with Crippen molar-refractivity contribution < 1.29 is 29.4 Å². The van der Waals surface area contributed by atoms with Crippen molar-refractivity contribution in [3.63, 3.8) is 0 Å². The number of hydrogen-bond acceptors (Lipinski definition) is 8. The van der Waals surface area contributed by atoms with Crippen LogP contribution in [0.4, 0.5) is 0 Å². The lowest BCUT2D eigenvalue weighted by molar-refractivity contribution is -0.142. The average molecular weight is 501 g/mol. The Kier molecular flexibility index (Phi) is 12.6. The molecule has 1 rings (SSSR count). The number of nitrogens with two attached hydrogens (primary N) is 1. The maximum atomic E-state index is 13.0. The summed E-state index contributed by atoms with van der Waals surface area (Å²) >= 11 is 1.52. The minimum atomic E-state index is -1.34. The number of carboxylic acid groups (broad SMARTS) is 1. The summed E-state index contributed by atoms with van der Waals surface area (Å²) in [6.07, 6.45) is 4.34. The van der Waals surface area contributed by atoms with E-state index in [2.05, 4.69) is 25.9 Å². The number of carboxylic acids is 1. The number of nitrogens with zero attached hydrogens (tertiary/aromatic N) is 1. The molecular weight excluding hydrogens is 464 g/mol. The molecule has 6 atom stereocenters. The predicted molar refractivity (Wildman–Crippen MR) is 128 cm³/mol. The van der Waals surface area contributed by atoms with Crippen LogP contribution < -0.4 is 21.7 Å². The monoisotopic (exact) mass is 500 g/mol. The number of nitrogens with one attached hydrogen (secondary N) is 4. The predicted octanol–water partition coefficient (Wildman–Crippen LogP) is -1.00. The number of aliphatic hydroxyl groups is 1. The fourth-order valence-corrected chi connectivity index (χ4v) is 3.55. The molecular formula is C21H36N6O6S. The molecule has 0 radical (unpaired) electrons. The number of rotatable bonds is 15. The first kappa shape index (κ1) is 29.4. The van der Waals surface area contributed by atoms with Crippen molar-refractivity contribution in [3.05, 3.63) is 18.2 Å². The quantitative estimate of drug-likeness (QED) is 0.158. The number of carbonyl (C=O) groups is 4. The number of H-pyrrole nitrogens is 1. The highest BCUT2D eigenvalue weighted by atomic mass is 32.2. The van der Waals surface area contributed by atoms with Crippen LogP contribution in [0.3, 0.4) is 0 Å². The van der Waals surface area contributed by atoms with Crippen LogP contribution in [0, 0.1) is 5.92 Å². The highest BCUT2D eigenvalue weighted by Gasteiger charge is 2.34. The molecule has 0 bridgehead atoms. The molecule has 0 fully saturated rings. The molecule has 0 aliphatic rings. The maximum Gasteiger partial charge on any atom is 0.326 e. The van der Waals surface area contributed by atoms with Gasteiger partial charge in [-0.3, -0.25) is 14.4 Å². The van der Waals surface area contributed by atoms with Gasteiger partial charge in [0.15, 0.2) is 0 Å². The summed E-state index contributed by atoms with van der Waals surface area (Å²) in [7, 11) is 0. The first-order valence-electron chi connectivity index (χ1n) is 11.0. The van der Waals surface area contributed by atoms with Gasteiger partial charge in [-0.05, 0) is 31.3 Å². The van der Waals surface area contributed by atoms with Gasteiger partial charge in [-0.2, -0.15) is 11.8 Å². The van der Waals surface area contributed by atoms with Crippen molar-refractivity contribution in [2.75, 3.05) is 12.0 Å². The second-order valence-corrected chi connectivity index (χ2v) is 9.15. The fraction of sp³-hybridized carbons (Fsp3) is 0.667. The molecule has 0 spiro atoms. The van der Waals surface area contributed by atoms with E-state index < -0.39 is 54.0 Å². The van der Waals surface area contributed by atoms with E-state index in [4.69, 9.17) is 5.73 Å². The van der Waals surface area contributed by atoms with E-state index in [1.54, 1.807) is 6.92 Å². The first-order valence-corrected chi connectivity index (χ1v) is 12.4. The van der Waals surface area contributed by atoms with Crippen LogP contribution in [-0.4, -0.2) is 86.2 Å². The number of thioether (sulfide) groups is 1. The lowest BCUT2D eigenvalue weighted by Gasteiger charge is -2.29. The average Bonchev–Trinajstić information content (AvgIpc) is 3.30. The van der Waals surface area contributed by atoms with Crippen LogP contribution in [0.1, 0.15) is 39.3 Å². The molecule has 34 heavy (non-hydrogen) atoms. The minimum Gasteiger partial charge on any atom is -0.480 e. The van der Waals surface area contributed by atoms with Gasteiger partial charge >= 0.3 is 5.97 Å². The Hall–Kier alpha value is -2.64. The van der Waals surface area contributed by atoms with Crippen LogP contribution in [0.2, 0.25) is 0 Å². The SMILES string of the molecule is CCC(C)C(NC(=O)C(NC(=O)C(N)CCSC)C(C)O)C(=O)NC(Cc1cnc[nH]1)C(=O)O. The highest BCUT2D eigenvalue weighted by Crippen LogP contribution is 2.11. The third-order valence-electron chi connectivity index (χ3n) is 5.42. The van der Waals surface area contributed by atoms with Gasteiger partial charge in [0, 0.05) is 18.3 Å². The Balaban J connectivity index is 2.94. The third-order valence-corrected chi connectivity index (χ3v) is 6.06. The van der Waals surface area contributed by atoms with Crippen LogP contribution in [0.5, 0.6) is 0 Å². The molecule has 0 saturated heterocycles. The van der Waals surface area contributed by atoms with Crippen molar-refractivity contribution in [2.24, 2.45) is 11.7 Å². The summed E-state index contributed by atoms with van der Waals surface area (Å²) in [5.41, 5.74) is 6.36. The fourth-order valence-electron chi connectivity index (χ4n) is 3.06. The number of imidazole rings is 1. The van der Waals surface area contributed by atoms with Gasteiger partial charge in [0.25, 0.3) is 0 Å². The summed E-state index contributed by atoms with van der Waals surface area (Å²) in [5, 5.41) is 27.1. The van der Waals surface area contributed by atoms with Crippen LogP contribution in [-0.2, 0) is 25.6 Å². The van der Waals surface area contributed by atoms with Gasteiger partial charge in [-0.1, -0.05) is 20.3 Å². The van der Waals surface area contributed by atoms with Gasteiger partial charge in [0.1, 0.15) is 18.1 Å². The van der Waals surface area contributed by atoms with Crippen molar-refractivity contribution in [1.29, 1.82) is 0 Å². The summed E-state index contributed by atoms with van der Waals surface area (Å²) in [6.45, 7) is 4.87. The zero-order valence-electron chi connectivity index (χ0n) is 19.9. The van der Waals surface area contributed by atoms with Crippen molar-refractivity contribution in [2.45, 2.75) is 70.3 Å². The molecule has 1 aromatic heterocycles. The lowest BCUT2D eigenvalue weighted by atomic mass is 9.97. The molecule has 12 nitrogen and oxygen atoms in total. The van der Waals surface area contributed by atoms with Crippen molar-refractivity contribution in [3.8, 4) is 0 Å². The molecule has 0 aliphatic carbocycles. The molecule has 3 amide bonds. The number of aromatic nitrogens is 2. The van der Waals surface area contributed by atoms with Gasteiger partial charge in [0.05, 0.1) is 18.5 Å². The minimum absolute atomic E-state index is 0.0253. The third kappa shape index (κ3) is 9.31. The van der Waals surface area contributed by atoms with E-state index >= 15 is 0 Å². The highest BCUT2D eigenvalue weighted by molar-refractivity contribution is 7.98. The molecule has 13 heteroatoms. The van der Waals surface area contributed by atoms with Crippen molar-refractivity contribution in [1.82, 2.24) is 25.9 Å². The van der Waals surface area contributed by atoms with E-state index in [1.807, 2.05) is 13.2 Å². The molecule has 1 heterocycles. The number of aliphatic carboxylic acids is 1. The lowest BCUT2D eigenvalue weighted by Crippen LogP contribution is -2.61. The Morgan fingerprint density at radius 1 is 1.12 bits per heavy atom. The normalized spacial score (nSPS) is 16.4. The van der Waals surface area contributed by atoms with Crippen LogP contribution >= 0.6 is 11.8 Å². The summed E-state index contributed by atoms with van der Waals surface area (Å²) in [6, 6.07) is -4.54. The van der Waals surface area contributed by atoms with Gasteiger partial charge < -0.3 is 36.9 Å². The van der Waals surface area contributed by atoms with Gasteiger partial charge in [-0.15, -0.1) is 0 Å². The Labute approximate surface area is 203 Å². The zero-order valence-corrected chi connectivity index (χ0v) is 20.7. The second-order valence-electron chi connectivity index (χ2n) is 8.17. The summed E-state index contributed by atoms with van der Waals surface area (Å²) < 4.78 is 0. The van der Waals surface area contributed by atoms with E-state index in [0.29, 0.717) is 24.3 Å². The van der Waals surface area contributed by atoms with E-state index in [-0.39, 0.29) is 12.3 Å². The van der Waals surface area contributed by atoms with E-state index in [9.17, 15) is 29.4 Å². The summed E-state index contributed by atoms with van der Waals surface area (Å²) in [5.74, 6) is -3.02. The van der Waals surface area contributed by atoms with Crippen molar-refractivity contribution >= 4 is 35.5 Å². The number of aromatic amines is 1. The smallest absolute Gasteiger partial charge is 0.326 e. The van der Waals surface area contributed by atoms with Gasteiger partial charge in [-0.25, -0.2) is 9.78 Å². The zero-order chi connectivity index (χ0) is 25.8. The van der Waals surface area contributed by atoms with Crippen LogP contribution in [0.25, 0.3) is 0 Å². The van der Waals surface area contributed by atoms with Gasteiger partial charge in [0.2, 0.25) is 17.7 Å². The Bertz CT molecular complexity index is 806. The molecule has 0 aromatic carbocycles. The Morgan fingerprint density at radius 2 is 1.74 bits per heavy atom. The molecule has 6 unspecified atom stereocenters. The largest absolute Gasteiger partial charge is 0.480 e. The number of carbonyl (C=O) groups excluding carboxylic acids is 3.